The van der Waals surface area contributed by atoms with E-state index in [0.717, 1.165) is 37.8 Å². The SMILES string of the molecule is COc1cc(N2CCNCC2)ccc1C1CC1. The van der Waals surface area contributed by atoms with E-state index in [9.17, 15) is 0 Å². The molecule has 1 aliphatic heterocycles. The minimum atomic E-state index is 0.752. The number of hydrogen-bond donors (Lipinski definition) is 1. The molecule has 1 aromatic carbocycles. The molecule has 0 unspecified atom stereocenters. The molecule has 1 aliphatic carbocycles. The second kappa shape index (κ2) is 4.57. The van der Waals surface area contributed by atoms with Crippen LogP contribution in [0.1, 0.15) is 24.3 Å². The Morgan fingerprint density at radius 1 is 1.24 bits per heavy atom. The number of nitrogens with one attached hydrogen (secondary N) is 1. The topological polar surface area (TPSA) is 24.5 Å². The second-order valence-electron chi connectivity index (χ2n) is 4.94. The summed E-state index contributed by atoms with van der Waals surface area (Å²) in [6.45, 7) is 4.33. The summed E-state index contributed by atoms with van der Waals surface area (Å²) >= 11 is 0. The zero-order valence-corrected chi connectivity index (χ0v) is 10.4. The predicted octanol–water partition coefficient (Wildman–Crippen LogP) is 1.98. The summed E-state index contributed by atoms with van der Waals surface area (Å²) in [4.78, 5) is 2.43. The van der Waals surface area contributed by atoms with Crippen molar-refractivity contribution in [2.75, 3.05) is 38.2 Å². The highest BCUT2D eigenvalue weighted by atomic mass is 16.5. The number of piperazine rings is 1. The first-order valence-electron chi connectivity index (χ1n) is 6.52. The van der Waals surface area contributed by atoms with E-state index in [1.165, 1.54) is 24.1 Å². The van der Waals surface area contributed by atoms with Gasteiger partial charge in [-0.2, -0.15) is 0 Å². The average molecular weight is 232 g/mol. The summed E-state index contributed by atoms with van der Waals surface area (Å²) in [5.74, 6) is 1.82. The van der Waals surface area contributed by atoms with Crippen molar-refractivity contribution in [3.05, 3.63) is 23.8 Å². The van der Waals surface area contributed by atoms with Crippen LogP contribution < -0.4 is 15.0 Å². The molecule has 1 saturated heterocycles. The Morgan fingerprint density at radius 3 is 2.65 bits per heavy atom. The van der Waals surface area contributed by atoms with Crippen molar-refractivity contribution in [2.24, 2.45) is 0 Å². The molecule has 2 fully saturated rings. The van der Waals surface area contributed by atoms with Crippen molar-refractivity contribution in [3.8, 4) is 5.75 Å². The lowest BCUT2D eigenvalue weighted by atomic mass is 10.1. The number of nitrogens with zero attached hydrogens (tertiary/aromatic N) is 1. The molecule has 1 aromatic rings. The van der Waals surface area contributed by atoms with Crippen molar-refractivity contribution < 1.29 is 4.74 Å². The van der Waals surface area contributed by atoms with Crippen molar-refractivity contribution in [3.63, 3.8) is 0 Å². The molecule has 92 valence electrons. The molecule has 0 atom stereocenters. The highest BCUT2D eigenvalue weighted by Gasteiger charge is 2.27. The monoisotopic (exact) mass is 232 g/mol. The van der Waals surface area contributed by atoms with Crippen molar-refractivity contribution in [2.45, 2.75) is 18.8 Å². The van der Waals surface area contributed by atoms with Gasteiger partial charge >= 0.3 is 0 Å². The summed E-state index contributed by atoms with van der Waals surface area (Å²) in [5, 5.41) is 3.38. The van der Waals surface area contributed by atoms with E-state index in [1.54, 1.807) is 7.11 Å². The molecule has 3 nitrogen and oxygen atoms in total. The second-order valence-corrected chi connectivity index (χ2v) is 4.94. The Morgan fingerprint density at radius 2 is 2.00 bits per heavy atom. The summed E-state index contributed by atoms with van der Waals surface area (Å²) in [6.07, 6.45) is 2.65. The van der Waals surface area contributed by atoms with E-state index in [0.29, 0.717) is 0 Å². The zero-order valence-electron chi connectivity index (χ0n) is 10.4. The standard InChI is InChI=1S/C14H20N2O/c1-17-14-10-12(16-8-6-15-7-9-16)4-5-13(14)11-2-3-11/h4-5,10-11,15H,2-3,6-9H2,1H3. The largest absolute Gasteiger partial charge is 0.496 e. The minimum Gasteiger partial charge on any atom is -0.496 e. The van der Waals surface area contributed by atoms with Gasteiger partial charge < -0.3 is 15.0 Å². The van der Waals surface area contributed by atoms with Crippen molar-refractivity contribution in [1.82, 2.24) is 5.32 Å². The van der Waals surface area contributed by atoms with Crippen molar-refractivity contribution >= 4 is 5.69 Å². The van der Waals surface area contributed by atoms with Crippen LogP contribution in [0.25, 0.3) is 0 Å². The number of anilines is 1. The molecule has 0 amide bonds. The number of benzene rings is 1. The van der Waals surface area contributed by atoms with Gasteiger partial charge in [-0.25, -0.2) is 0 Å². The molecule has 3 heteroatoms. The quantitative estimate of drug-likeness (QED) is 0.862. The van der Waals surface area contributed by atoms with Gasteiger partial charge in [0.25, 0.3) is 0 Å². The Balaban J connectivity index is 1.84. The number of rotatable bonds is 3. The third kappa shape index (κ3) is 2.25. The first-order valence-corrected chi connectivity index (χ1v) is 6.52. The van der Waals surface area contributed by atoms with Gasteiger partial charge in [0.15, 0.2) is 0 Å². The Labute approximate surface area is 103 Å². The third-order valence-corrected chi connectivity index (χ3v) is 3.72. The van der Waals surface area contributed by atoms with Gasteiger partial charge in [0.1, 0.15) is 5.75 Å². The molecule has 2 aliphatic rings. The molecule has 0 radical (unpaired) electrons. The molecule has 17 heavy (non-hydrogen) atoms. The van der Waals surface area contributed by atoms with Gasteiger partial charge in [-0.1, -0.05) is 6.07 Å². The number of ether oxygens (including phenoxy) is 1. The normalized spacial score (nSPS) is 20.4. The first kappa shape index (κ1) is 10.9. The predicted molar refractivity (Wildman–Crippen MR) is 70.1 cm³/mol. The maximum Gasteiger partial charge on any atom is 0.124 e. The van der Waals surface area contributed by atoms with Gasteiger partial charge in [-0.05, 0) is 30.4 Å². The number of hydrogen-bond acceptors (Lipinski definition) is 3. The highest BCUT2D eigenvalue weighted by Crippen LogP contribution is 2.45. The summed E-state index contributed by atoms with van der Waals surface area (Å²) < 4.78 is 5.54. The molecule has 1 saturated carbocycles. The lowest BCUT2D eigenvalue weighted by Crippen LogP contribution is -2.43. The van der Waals surface area contributed by atoms with Crippen molar-refractivity contribution in [1.29, 1.82) is 0 Å². The van der Waals surface area contributed by atoms with E-state index < -0.39 is 0 Å². The molecular formula is C14H20N2O. The first-order chi connectivity index (χ1) is 8.38. The molecule has 3 rings (SSSR count). The molecule has 0 bridgehead atoms. The van der Waals surface area contributed by atoms with Gasteiger partial charge in [0, 0.05) is 37.9 Å². The van der Waals surface area contributed by atoms with Gasteiger partial charge in [0.05, 0.1) is 7.11 Å². The van der Waals surface area contributed by atoms with Crippen LogP contribution in [0.3, 0.4) is 0 Å². The summed E-state index contributed by atoms with van der Waals surface area (Å²) in [6, 6.07) is 6.72. The Hall–Kier alpha value is -1.22. The van der Waals surface area contributed by atoms with Crippen LogP contribution in [-0.4, -0.2) is 33.3 Å². The van der Waals surface area contributed by atoms with Crippen LogP contribution in [0.15, 0.2) is 18.2 Å². The van der Waals surface area contributed by atoms with Crippen LogP contribution >= 0.6 is 0 Å². The molecule has 0 aromatic heterocycles. The van der Waals surface area contributed by atoms with E-state index in [4.69, 9.17) is 4.74 Å². The van der Waals surface area contributed by atoms with Crippen LogP contribution in [0.5, 0.6) is 5.75 Å². The lowest BCUT2D eigenvalue weighted by molar-refractivity contribution is 0.409. The maximum atomic E-state index is 5.54. The summed E-state index contributed by atoms with van der Waals surface area (Å²) in [7, 11) is 1.78. The van der Waals surface area contributed by atoms with E-state index in [-0.39, 0.29) is 0 Å². The van der Waals surface area contributed by atoms with Gasteiger partial charge in [-0.15, -0.1) is 0 Å². The highest BCUT2D eigenvalue weighted by molar-refractivity contribution is 5.55. The number of methoxy groups -OCH3 is 1. The zero-order chi connectivity index (χ0) is 11.7. The average Bonchev–Trinajstić information content (AvgIpc) is 3.23. The van der Waals surface area contributed by atoms with Gasteiger partial charge in [0.2, 0.25) is 0 Å². The van der Waals surface area contributed by atoms with Gasteiger partial charge in [-0.3, -0.25) is 0 Å². The van der Waals surface area contributed by atoms with E-state index in [2.05, 4.69) is 28.4 Å². The van der Waals surface area contributed by atoms with Crippen LogP contribution in [-0.2, 0) is 0 Å². The van der Waals surface area contributed by atoms with Crippen LogP contribution in [0.4, 0.5) is 5.69 Å². The molecular weight excluding hydrogens is 212 g/mol. The smallest absolute Gasteiger partial charge is 0.124 e. The molecule has 1 N–H and O–H groups in total. The van der Waals surface area contributed by atoms with E-state index >= 15 is 0 Å². The fourth-order valence-electron chi connectivity index (χ4n) is 2.55. The molecule has 0 spiro atoms. The van der Waals surface area contributed by atoms with Crippen LogP contribution in [0.2, 0.25) is 0 Å². The Bertz CT molecular complexity index is 395. The fraction of sp³-hybridized carbons (Fsp3) is 0.571. The van der Waals surface area contributed by atoms with E-state index in [1.807, 2.05) is 0 Å². The third-order valence-electron chi connectivity index (χ3n) is 3.72. The maximum absolute atomic E-state index is 5.54. The Kier molecular flexibility index (Phi) is 2.93. The molecule has 1 heterocycles. The minimum absolute atomic E-state index is 0.752. The lowest BCUT2D eigenvalue weighted by Gasteiger charge is -2.30. The fourth-order valence-corrected chi connectivity index (χ4v) is 2.55. The van der Waals surface area contributed by atoms with Crippen LogP contribution in [0, 0.1) is 0 Å². The summed E-state index contributed by atoms with van der Waals surface area (Å²) in [5.41, 5.74) is 2.69.